The Hall–Kier alpha value is -3.76. The van der Waals surface area contributed by atoms with E-state index in [1.807, 2.05) is 0 Å². The van der Waals surface area contributed by atoms with Crippen molar-refractivity contribution in [2.75, 3.05) is 4.90 Å². The number of carbonyl (C=O) groups excluding carboxylic acids is 1. The van der Waals surface area contributed by atoms with Gasteiger partial charge in [-0.3, -0.25) is 19.8 Å². The number of hydrogen-bond donors (Lipinski definition) is 1. The van der Waals surface area contributed by atoms with Gasteiger partial charge in [0.05, 0.1) is 26.6 Å². The van der Waals surface area contributed by atoms with Crippen molar-refractivity contribution < 1.29 is 24.0 Å². The largest absolute Gasteiger partial charge is 0.478 e. The summed E-state index contributed by atoms with van der Waals surface area (Å²) < 4.78 is 6.00. The van der Waals surface area contributed by atoms with Crippen LogP contribution in [0, 0.1) is 17.0 Å². The Kier molecular flexibility index (Phi) is 5.64. The van der Waals surface area contributed by atoms with Crippen molar-refractivity contribution in [1.29, 1.82) is 0 Å². The Morgan fingerprint density at radius 1 is 1.22 bits per heavy atom. The molecule has 4 rings (SSSR count). The van der Waals surface area contributed by atoms with E-state index in [1.54, 1.807) is 43.3 Å². The first-order valence-electron chi connectivity index (χ1n) is 9.22. The normalized spacial score (nSPS) is 14.9. The minimum absolute atomic E-state index is 0.0451. The van der Waals surface area contributed by atoms with Crippen LogP contribution in [0.1, 0.15) is 21.7 Å². The number of carbonyl (C=O) groups is 2. The molecular weight excluding hydrogens is 452 g/mol. The maximum absolute atomic E-state index is 13.0. The van der Waals surface area contributed by atoms with Crippen LogP contribution >= 0.6 is 24.0 Å². The van der Waals surface area contributed by atoms with E-state index < -0.39 is 16.8 Å². The topological polar surface area (TPSA) is 114 Å². The van der Waals surface area contributed by atoms with Gasteiger partial charge in [-0.05, 0) is 42.8 Å². The summed E-state index contributed by atoms with van der Waals surface area (Å²) in [7, 11) is 0. The van der Waals surface area contributed by atoms with Crippen molar-refractivity contribution in [2.45, 2.75) is 6.92 Å². The second-order valence-electron chi connectivity index (χ2n) is 6.80. The summed E-state index contributed by atoms with van der Waals surface area (Å²) in [6, 6.07) is 13.9. The molecular formula is C22H14N2O6S2. The van der Waals surface area contributed by atoms with Crippen molar-refractivity contribution in [1.82, 2.24) is 0 Å². The van der Waals surface area contributed by atoms with Crippen LogP contribution in [-0.4, -0.2) is 26.2 Å². The number of aryl methyl sites for hydroxylation is 1. The number of hydrogen-bond acceptors (Lipinski definition) is 7. The van der Waals surface area contributed by atoms with Gasteiger partial charge in [0.25, 0.3) is 11.6 Å². The molecule has 3 aromatic rings. The number of carboxylic acids is 1. The van der Waals surface area contributed by atoms with Crippen molar-refractivity contribution in [2.24, 2.45) is 0 Å². The van der Waals surface area contributed by atoms with Gasteiger partial charge < -0.3 is 9.52 Å². The molecule has 1 aromatic heterocycles. The molecule has 8 nitrogen and oxygen atoms in total. The lowest BCUT2D eigenvalue weighted by atomic mass is 10.1. The number of thioether (sulfide) groups is 1. The predicted octanol–water partition coefficient (Wildman–Crippen LogP) is 5.27. The first kappa shape index (κ1) is 21.5. The Morgan fingerprint density at radius 3 is 2.69 bits per heavy atom. The number of rotatable bonds is 5. The quantitative estimate of drug-likeness (QED) is 0.234. The van der Waals surface area contributed by atoms with E-state index in [0.29, 0.717) is 33.2 Å². The van der Waals surface area contributed by atoms with E-state index in [2.05, 4.69) is 0 Å². The lowest BCUT2D eigenvalue weighted by Crippen LogP contribution is -2.28. The van der Waals surface area contributed by atoms with E-state index in [9.17, 15) is 24.8 Å². The fraction of sp³-hybridized carbons (Fsp3) is 0.0455. The number of carboxylic acid groups (broad SMARTS) is 1. The molecule has 1 aliphatic rings. The third-order valence-corrected chi connectivity index (χ3v) is 6.06. The fourth-order valence-electron chi connectivity index (χ4n) is 3.20. The molecule has 0 radical (unpaired) electrons. The van der Waals surface area contributed by atoms with Gasteiger partial charge in [0.15, 0.2) is 4.32 Å². The van der Waals surface area contributed by atoms with Crippen LogP contribution in [-0.2, 0) is 4.79 Å². The van der Waals surface area contributed by atoms with Crippen molar-refractivity contribution >= 4 is 57.6 Å². The third-order valence-electron chi connectivity index (χ3n) is 4.76. The Bertz CT molecular complexity index is 1330. The highest BCUT2D eigenvalue weighted by Crippen LogP contribution is 2.38. The van der Waals surface area contributed by atoms with E-state index in [-0.39, 0.29) is 15.6 Å². The average molecular weight is 466 g/mol. The zero-order valence-electron chi connectivity index (χ0n) is 16.5. The summed E-state index contributed by atoms with van der Waals surface area (Å²) in [4.78, 5) is 36.7. The van der Waals surface area contributed by atoms with Crippen LogP contribution in [0.4, 0.5) is 11.4 Å². The molecule has 2 aromatic carbocycles. The van der Waals surface area contributed by atoms with Crippen molar-refractivity contribution in [3.8, 4) is 11.3 Å². The predicted molar refractivity (Wildman–Crippen MR) is 125 cm³/mol. The number of thiocarbonyl (C=S) groups is 1. The van der Waals surface area contributed by atoms with Gasteiger partial charge in [0.2, 0.25) is 0 Å². The molecule has 1 N–H and O–H groups in total. The Balaban J connectivity index is 1.66. The van der Waals surface area contributed by atoms with Crippen LogP contribution < -0.4 is 4.90 Å². The number of nitrogens with zero attached hydrogens (tertiary/aromatic N) is 2. The van der Waals surface area contributed by atoms with Gasteiger partial charge in [-0.1, -0.05) is 42.2 Å². The number of anilines is 1. The average Bonchev–Trinajstić information content (AvgIpc) is 3.33. The van der Waals surface area contributed by atoms with Gasteiger partial charge in [0.1, 0.15) is 11.5 Å². The molecule has 32 heavy (non-hydrogen) atoms. The van der Waals surface area contributed by atoms with E-state index in [0.717, 1.165) is 11.8 Å². The molecule has 2 heterocycles. The van der Waals surface area contributed by atoms with Gasteiger partial charge in [0, 0.05) is 12.1 Å². The number of nitro groups is 1. The number of amides is 1. The number of benzene rings is 2. The van der Waals surface area contributed by atoms with Gasteiger partial charge >= 0.3 is 5.97 Å². The Labute approximate surface area is 191 Å². The summed E-state index contributed by atoms with van der Waals surface area (Å²) in [6.45, 7) is 1.76. The molecule has 1 aliphatic heterocycles. The standard InChI is InChI=1S/C22H14N2O6S2/c1-12-6-7-13(21(26)27)10-17(12)23-20(25)19(32-22(23)31)11-14-8-9-18(30-14)15-4-2-3-5-16(15)24(28)29/h2-11H,1H3,(H,26,27)/b19-11+. The second kappa shape index (κ2) is 8.40. The Morgan fingerprint density at radius 2 is 1.97 bits per heavy atom. The second-order valence-corrected chi connectivity index (χ2v) is 8.48. The molecule has 1 fully saturated rings. The maximum atomic E-state index is 13.0. The smallest absolute Gasteiger partial charge is 0.335 e. The first-order chi connectivity index (χ1) is 15.3. The summed E-state index contributed by atoms with van der Waals surface area (Å²) in [5.41, 5.74) is 1.38. The minimum atomic E-state index is -1.11. The fourth-order valence-corrected chi connectivity index (χ4v) is 4.47. The third kappa shape index (κ3) is 3.93. The zero-order chi connectivity index (χ0) is 23.0. The minimum Gasteiger partial charge on any atom is -0.478 e. The molecule has 0 bridgehead atoms. The molecule has 0 spiro atoms. The molecule has 1 amide bonds. The van der Waals surface area contributed by atoms with E-state index >= 15 is 0 Å². The lowest BCUT2D eigenvalue weighted by Gasteiger charge is -2.17. The van der Waals surface area contributed by atoms with E-state index in [1.165, 1.54) is 29.2 Å². The SMILES string of the molecule is Cc1ccc(C(=O)O)cc1N1C(=O)/C(=C\c2ccc(-c3ccccc3[N+](=O)[O-])o2)SC1=S. The zero-order valence-corrected chi connectivity index (χ0v) is 18.1. The van der Waals surface area contributed by atoms with Gasteiger partial charge in [-0.25, -0.2) is 4.79 Å². The number of nitro benzene ring substituents is 1. The summed E-state index contributed by atoms with van der Waals surface area (Å²) in [5, 5.41) is 20.5. The van der Waals surface area contributed by atoms with Gasteiger partial charge in [-0.15, -0.1) is 0 Å². The summed E-state index contributed by atoms with van der Waals surface area (Å²) in [5.74, 6) is -0.890. The highest BCUT2D eigenvalue weighted by atomic mass is 32.2. The molecule has 160 valence electrons. The van der Waals surface area contributed by atoms with Crippen LogP contribution in [0.25, 0.3) is 17.4 Å². The van der Waals surface area contributed by atoms with Crippen molar-refractivity contribution in [3.05, 3.63) is 86.5 Å². The highest BCUT2D eigenvalue weighted by Gasteiger charge is 2.34. The summed E-state index contributed by atoms with van der Waals surface area (Å²) >= 11 is 6.42. The molecule has 10 heteroatoms. The van der Waals surface area contributed by atoms with Crippen LogP contribution in [0.3, 0.4) is 0 Å². The van der Waals surface area contributed by atoms with Crippen LogP contribution in [0.2, 0.25) is 0 Å². The molecule has 1 saturated heterocycles. The summed E-state index contributed by atoms with van der Waals surface area (Å²) in [6.07, 6.45) is 1.51. The van der Waals surface area contributed by atoms with Crippen LogP contribution in [0.15, 0.2) is 63.9 Å². The van der Waals surface area contributed by atoms with Crippen molar-refractivity contribution in [3.63, 3.8) is 0 Å². The lowest BCUT2D eigenvalue weighted by molar-refractivity contribution is -0.384. The number of aromatic carboxylic acids is 1. The van der Waals surface area contributed by atoms with Gasteiger partial charge in [-0.2, -0.15) is 0 Å². The molecule has 0 unspecified atom stereocenters. The number of para-hydroxylation sites is 1. The first-order valence-corrected chi connectivity index (χ1v) is 10.4. The van der Waals surface area contributed by atoms with E-state index in [4.69, 9.17) is 16.6 Å². The molecule has 0 aliphatic carbocycles. The number of furan rings is 1. The van der Waals surface area contributed by atoms with Crippen LogP contribution in [0.5, 0.6) is 0 Å². The maximum Gasteiger partial charge on any atom is 0.335 e. The monoisotopic (exact) mass is 466 g/mol. The highest BCUT2D eigenvalue weighted by molar-refractivity contribution is 8.27. The molecule has 0 atom stereocenters. The molecule has 0 saturated carbocycles.